The van der Waals surface area contributed by atoms with Crippen LogP contribution in [0.25, 0.3) is 22.3 Å². The van der Waals surface area contributed by atoms with Crippen molar-refractivity contribution in [2.75, 3.05) is 0 Å². The SMILES string of the molecule is O=C1C[C@@H](c2ccc(C(=O)O)cc2)c2c(cc(O)c3c(=O)c(O)c(-c4ccc(O)c(O)c4)oc23)O1. The molecule has 10 heteroatoms. The molecule has 1 aliphatic rings. The molecule has 0 fully saturated rings. The van der Waals surface area contributed by atoms with E-state index in [1.54, 1.807) is 0 Å². The Hall–Kier alpha value is -4.99. The van der Waals surface area contributed by atoms with E-state index in [0.29, 0.717) is 5.56 Å². The van der Waals surface area contributed by atoms with Crippen molar-refractivity contribution < 1.29 is 44.3 Å². The van der Waals surface area contributed by atoms with E-state index >= 15 is 0 Å². The molecule has 1 aliphatic heterocycles. The third-order valence-electron chi connectivity index (χ3n) is 5.86. The molecule has 0 unspecified atom stereocenters. The zero-order valence-corrected chi connectivity index (χ0v) is 17.7. The highest BCUT2D eigenvalue weighted by atomic mass is 16.5. The number of carbonyl (C=O) groups is 2. The van der Waals surface area contributed by atoms with Gasteiger partial charge in [-0.05, 0) is 35.9 Å². The molecule has 0 spiro atoms. The number of carboxylic acids is 1. The van der Waals surface area contributed by atoms with E-state index in [-0.39, 0.29) is 45.6 Å². The van der Waals surface area contributed by atoms with Gasteiger partial charge >= 0.3 is 11.9 Å². The molecule has 0 saturated heterocycles. The summed E-state index contributed by atoms with van der Waals surface area (Å²) in [5.74, 6) is -5.26. The summed E-state index contributed by atoms with van der Waals surface area (Å²) < 4.78 is 11.2. The van der Waals surface area contributed by atoms with Crippen LogP contribution >= 0.6 is 0 Å². The molecule has 4 aromatic rings. The van der Waals surface area contributed by atoms with E-state index in [2.05, 4.69) is 0 Å². The Kier molecular flexibility index (Phi) is 4.87. The minimum absolute atomic E-state index is 0.0359. The number of phenols is 3. The third kappa shape index (κ3) is 3.48. The van der Waals surface area contributed by atoms with E-state index in [9.17, 15) is 39.9 Å². The van der Waals surface area contributed by atoms with Gasteiger partial charge in [-0.3, -0.25) is 9.59 Å². The lowest BCUT2D eigenvalue weighted by Crippen LogP contribution is -2.22. The fourth-order valence-corrected chi connectivity index (χ4v) is 4.18. The summed E-state index contributed by atoms with van der Waals surface area (Å²) in [6.45, 7) is 0. The Morgan fingerprint density at radius 2 is 1.60 bits per heavy atom. The largest absolute Gasteiger partial charge is 0.507 e. The first-order valence-electron chi connectivity index (χ1n) is 10.3. The van der Waals surface area contributed by atoms with Crippen molar-refractivity contribution in [2.24, 2.45) is 0 Å². The van der Waals surface area contributed by atoms with Crippen molar-refractivity contribution in [3.05, 3.63) is 75.4 Å². The van der Waals surface area contributed by atoms with Crippen LogP contribution in [-0.4, -0.2) is 37.5 Å². The number of carboxylic acid groups (broad SMARTS) is 1. The average molecular weight is 476 g/mol. The van der Waals surface area contributed by atoms with E-state index < -0.39 is 46.3 Å². The lowest BCUT2D eigenvalue weighted by Gasteiger charge is -2.26. The molecule has 5 rings (SSSR count). The maximum atomic E-state index is 13.1. The molecule has 1 aromatic heterocycles. The molecule has 35 heavy (non-hydrogen) atoms. The summed E-state index contributed by atoms with van der Waals surface area (Å²) in [6, 6.07) is 10.4. The number of benzene rings is 3. The normalized spacial score (nSPS) is 15.0. The first-order valence-corrected chi connectivity index (χ1v) is 10.3. The van der Waals surface area contributed by atoms with Crippen molar-refractivity contribution in [1.29, 1.82) is 0 Å². The van der Waals surface area contributed by atoms with Crippen molar-refractivity contribution in [2.45, 2.75) is 12.3 Å². The molecular formula is C25H16O10. The Morgan fingerprint density at radius 1 is 0.886 bits per heavy atom. The van der Waals surface area contributed by atoms with Crippen LogP contribution in [0.2, 0.25) is 0 Å². The van der Waals surface area contributed by atoms with Gasteiger partial charge in [0.2, 0.25) is 11.2 Å². The number of phenolic OH excluding ortho intramolecular Hbond substituents is 3. The van der Waals surface area contributed by atoms with Gasteiger partial charge in [-0.1, -0.05) is 12.1 Å². The van der Waals surface area contributed by atoms with Crippen LogP contribution in [0.1, 0.15) is 33.8 Å². The number of esters is 1. The van der Waals surface area contributed by atoms with Crippen LogP contribution in [-0.2, 0) is 4.79 Å². The lowest BCUT2D eigenvalue weighted by atomic mass is 9.84. The summed E-state index contributed by atoms with van der Waals surface area (Å²) in [5, 5.41) is 49.3. The zero-order valence-electron chi connectivity index (χ0n) is 17.7. The Bertz CT molecular complexity index is 1600. The van der Waals surface area contributed by atoms with Crippen LogP contribution < -0.4 is 10.2 Å². The zero-order chi connectivity index (χ0) is 25.0. The van der Waals surface area contributed by atoms with Gasteiger partial charge in [0, 0.05) is 23.1 Å². The first kappa shape index (κ1) is 21.8. The van der Waals surface area contributed by atoms with Gasteiger partial charge in [-0.25, -0.2) is 4.79 Å². The van der Waals surface area contributed by atoms with E-state index in [1.165, 1.54) is 30.3 Å². The second-order valence-electron chi connectivity index (χ2n) is 7.98. The molecule has 0 radical (unpaired) electrons. The van der Waals surface area contributed by atoms with E-state index in [1.807, 2.05) is 0 Å². The molecule has 5 N–H and O–H groups in total. The van der Waals surface area contributed by atoms with Crippen molar-refractivity contribution in [1.82, 2.24) is 0 Å². The van der Waals surface area contributed by atoms with Gasteiger partial charge in [-0.2, -0.15) is 0 Å². The van der Waals surface area contributed by atoms with Gasteiger partial charge in [0.15, 0.2) is 17.3 Å². The molecule has 3 aromatic carbocycles. The van der Waals surface area contributed by atoms with Crippen LogP contribution in [0.3, 0.4) is 0 Å². The smallest absolute Gasteiger partial charge is 0.335 e. The Morgan fingerprint density at radius 3 is 2.26 bits per heavy atom. The minimum Gasteiger partial charge on any atom is -0.507 e. The topological polar surface area (TPSA) is 175 Å². The summed E-state index contributed by atoms with van der Waals surface area (Å²) in [6.07, 6.45) is -0.167. The summed E-state index contributed by atoms with van der Waals surface area (Å²) in [4.78, 5) is 36.6. The predicted molar refractivity (Wildman–Crippen MR) is 120 cm³/mol. The van der Waals surface area contributed by atoms with Crippen LogP contribution in [0.5, 0.6) is 28.7 Å². The monoisotopic (exact) mass is 476 g/mol. The molecule has 0 amide bonds. The number of aromatic carboxylic acids is 1. The van der Waals surface area contributed by atoms with Crippen molar-refractivity contribution in [3.8, 4) is 40.1 Å². The number of hydrogen-bond donors (Lipinski definition) is 5. The maximum absolute atomic E-state index is 13.1. The van der Waals surface area contributed by atoms with Gasteiger partial charge < -0.3 is 34.7 Å². The van der Waals surface area contributed by atoms with E-state index in [4.69, 9.17) is 9.15 Å². The summed E-state index contributed by atoms with van der Waals surface area (Å²) >= 11 is 0. The molecule has 1 atom stereocenters. The van der Waals surface area contributed by atoms with Crippen molar-refractivity contribution >= 4 is 22.9 Å². The lowest BCUT2D eigenvalue weighted by molar-refractivity contribution is -0.135. The van der Waals surface area contributed by atoms with Crippen LogP contribution in [0.4, 0.5) is 0 Å². The first-order chi connectivity index (χ1) is 16.7. The third-order valence-corrected chi connectivity index (χ3v) is 5.86. The standard InChI is InChI=1S/C25H16O10/c26-14-6-5-12(7-15(14)27)23-22(31)21(30)20-16(28)9-17-19(24(20)35-23)13(8-18(29)34-17)10-1-3-11(4-2-10)25(32)33/h1-7,9,13,26-28,31H,8H2,(H,32,33)/t13-/m0/s1. The minimum atomic E-state index is -1.13. The fraction of sp³-hybridized carbons (Fsp3) is 0.0800. The number of rotatable bonds is 3. The molecule has 2 heterocycles. The highest BCUT2D eigenvalue weighted by molar-refractivity contribution is 5.94. The Balaban J connectivity index is 1.81. The molecular weight excluding hydrogens is 460 g/mol. The van der Waals surface area contributed by atoms with Gasteiger partial charge in [0.1, 0.15) is 22.5 Å². The number of hydrogen-bond acceptors (Lipinski definition) is 9. The fourth-order valence-electron chi connectivity index (χ4n) is 4.18. The van der Waals surface area contributed by atoms with E-state index in [0.717, 1.165) is 18.2 Å². The number of carbonyl (C=O) groups excluding carboxylic acids is 1. The quantitative estimate of drug-likeness (QED) is 0.167. The van der Waals surface area contributed by atoms with Gasteiger partial charge in [0.05, 0.1) is 12.0 Å². The molecule has 0 saturated carbocycles. The number of fused-ring (bicyclic) bond motifs is 3. The average Bonchev–Trinajstić information content (AvgIpc) is 2.82. The molecule has 0 aliphatic carbocycles. The highest BCUT2D eigenvalue weighted by Crippen LogP contribution is 2.47. The predicted octanol–water partition coefficient (Wildman–Crippen LogP) is 3.42. The molecule has 0 bridgehead atoms. The second-order valence-corrected chi connectivity index (χ2v) is 7.98. The second kappa shape index (κ2) is 7.80. The Labute approximate surface area is 195 Å². The van der Waals surface area contributed by atoms with Gasteiger partial charge in [0.25, 0.3) is 0 Å². The highest BCUT2D eigenvalue weighted by Gasteiger charge is 2.34. The molecule has 10 nitrogen and oxygen atoms in total. The number of aromatic hydroxyl groups is 4. The summed E-state index contributed by atoms with van der Waals surface area (Å²) in [5.41, 5.74) is -0.268. The van der Waals surface area contributed by atoms with Crippen LogP contribution in [0.15, 0.2) is 57.7 Å². The van der Waals surface area contributed by atoms with Crippen LogP contribution in [0, 0.1) is 0 Å². The summed E-state index contributed by atoms with van der Waals surface area (Å²) in [7, 11) is 0. The molecule has 176 valence electrons. The van der Waals surface area contributed by atoms with Crippen molar-refractivity contribution in [3.63, 3.8) is 0 Å². The maximum Gasteiger partial charge on any atom is 0.335 e. The van der Waals surface area contributed by atoms with Gasteiger partial charge in [-0.15, -0.1) is 0 Å². The number of ether oxygens (including phenoxy) is 1.